The van der Waals surface area contributed by atoms with Gasteiger partial charge in [-0.3, -0.25) is 4.79 Å². The summed E-state index contributed by atoms with van der Waals surface area (Å²) in [5.41, 5.74) is 1.83. The summed E-state index contributed by atoms with van der Waals surface area (Å²) in [5.74, 6) is 0.0439. The lowest BCUT2D eigenvalue weighted by Crippen LogP contribution is -2.40. The molecule has 0 spiro atoms. The molecule has 1 amide bonds. The lowest BCUT2D eigenvalue weighted by Gasteiger charge is -2.35. The van der Waals surface area contributed by atoms with Crippen molar-refractivity contribution in [1.82, 2.24) is 9.47 Å². The fourth-order valence-corrected chi connectivity index (χ4v) is 2.83. The molecule has 0 bridgehead atoms. The molecule has 0 radical (unpaired) electrons. The van der Waals surface area contributed by atoms with Gasteiger partial charge in [-0.25, -0.2) is 0 Å². The van der Waals surface area contributed by atoms with Crippen molar-refractivity contribution in [2.75, 3.05) is 6.54 Å². The quantitative estimate of drug-likeness (QED) is 0.783. The smallest absolute Gasteiger partial charge is 0.254 e. The van der Waals surface area contributed by atoms with E-state index < -0.39 is 0 Å². The van der Waals surface area contributed by atoms with E-state index in [-0.39, 0.29) is 11.9 Å². The van der Waals surface area contributed by atoms with E-state index in [1.54, 1.807) is 12.1 Å². The normalized spacial score (nSPS) is 18.2. The van der Waals surface area contributed by atoms with Crippen LogP contribution < -0.4 is 0 Å². The van der Waals surface area contributed by atoms with Crippen molar-refractivity contribution in [3.05, 3.63) is 58.9 Å². The molecule has 0 N–H and O–H groups in total. The first-order valence-corrected chi connectivity index (χ1v) is 6.76. The van der Waals surface area contributed by atoms with Crippen molar-refractivity contribution in [3.8, 4) is 0 Å². The molecular weight excluding hydrogens is 260 g/mol. The number of halogens is 1. The highest BCUT2D eigenvalue weighted by atomic mass is 35.5. The fraction of sp³-hybridized carbons (Fsp3) is 0.267. The van der Waals surface area contributed by atoms with Crippen LogP contribution in [0.2, 0.25) is 5.02 Å². The van der Waals surface area contributed by atoms with Crippen LogP contribution in [0, 0.1) is 0 Å². The van der Waals surface area contributed by atoms with Gasteiger partial charge in [0.05, 0.1) is 6.04 Å². The number of carbonyl (C=O) groups is 1. The average Bonchev–Trinajstić information content (AvgIpc) is 2.88. The second-order valence-electron chi connectivity index (χ2n) is 4.81. The Morgan fingerprint density at radius 1 is 1.26 bits per heavy atom. The summed E-state index contributed by atoms with van der Waals surface area (Å²) in [5, 5.41) is 0.596. The molecule has 0 saturated heterocycles. The zero-order valence-corrected chi connectivity index (χ0v) is 11.5. The zero-order valence-electron chi connectivity index (χ0n) is 10.7. The Kier molecular flexibility index (Phi) is 3.07. The molecule has 2 aromatic rings. The molecule has 3 nitrogen and oxygen atoms in total. The number of hydrogen-bond donors (Lipinski definition) is 0. The lowest BCUT2D eigenvalue weighted by molar-refractivity contribution is 0.0644. The topological polar surface area (TPSA) is 25.2 Å². The molecule has 1 aromatic carbocycles. The third kappa shape index (κ3) is 2.15. The number of nitrogens with zero attached hydrogens (tertiary/aromatic N) is 2. The largest absolute Gasteiger partial charge is 0.348 e. The molecular formula is C15H15ClN2O. The van der Waals surface area contributed by atoms with E-state index in [1.807, 2.05) is 23.1 Å². The maximum atomic E-state index is 12.6. The second-order valence-corrected chi connectivity index (χ2v) is 5.25. The molecule has 4 heteroatoms. The summed E-state index contributed by atoms with van der Waals surface area (Å²) < 4.78 is 2.20. The predicted molar refractivity (Wildman–Crippen MR) is 75.3 cm³/mol. The summed E-state index contributed by atoms with van der Waals surface area (Å²) >= 11 is 5.95. The summed E-state index contributed by atoms with van der Waals surface area (Å²) in [4.78, 5) is 14.5. The Bertz CT molecular complexity index is 620. The van der Waals surface area contributed by atoms with Crippen molar-refractivity contribution in [3.63, 3.8) is 0 Å². The molecule has 19 heavy (non-hydrogen) atoms. The van der Waals surface area contributed by atoms with Crippen LogP contribution in [-0.2, 0) is 6.54 Å². The number of fused-ring (bicyclic) bond motifs is 1. The summed E-state index contributed by atoms with van der Waals surface area (Å²) in [7, 11) is 0. The van der Waals surface area contributed by atoms with Crippen LogP contribution in [0.15, 0.2) is 42.6 Å². The van der Waals surface area contributed by atoms with E-state index >= 15 is 0 Å². The molecule has 1 atom stereocenters. The summed E-state index contributed by atoms with van der Waals surface area (Å²) in [6.45, 7) is 3.64. The molecule has 1 aromatic heterocycles. The number of aromatic nitrogens is 1. The van der Waals surface area contributed by atoms with Gasteiger partial charge >= 0.3 is 0 Å². The number of amides is 1. The van der Waals surface area contributed by atoms with E-state index in [9.17, 15) is 4.79 Å². The monoisotopic (exact) mass is 274 g/mol. The highest BCUT2D eigenvalue weighted by Crippen LogP contribution is 2.27. The highest BCUT2D eigenvalue weighted by molar-refractivity contribution is 6.30. The SMILES string of the molecule is CC1c2cccn2CCN1C(=O)c1cccc(Cl)c1. The number of hydrogen-bond acceptors (Lipinski definition) is 1. The minimum absolute atomic E-state index is 0.0439. The van der Waals surface area contributed by atoms with Gasteiger partial charge in [0.1, 0.15) is 0 Å². The molecule has 2 heterocycles. The van der Waals surface area contributed by atoms with Gasteiger partial charge in [-0.2, -0.15) is 0 Å². The Labute approximate surface area is 117 Å². The van der Waals surface area contributed by atoms with E-state index in [4.69, 9.17) is 11.6 Å². The first-order chi connectivity index (χ1) is 9.16. The summed E-state index contributed by atoms with van der Waals surface area (Å²) in [6.07, 6.45) is 2.06. The molecule has 0 fully saturated rings. The maximum Gasteiger partial charge on any atom is 0.254 e. The molecule has 1 unspecified atom stereocenters. The van der Waals surface area contributed by atoms with Crippen molar-refractivity contribution in [1.29, 1.82) is 0 Å². The van der Waals surface area contributed by atoms with E-state index in [2.05, 4.69) is 23.8 Å². The number of carbonyl (C=O) groups excluding carboxylic acids is 1. The van der Waals surface area contributed by atoms with Crippen LogP contribution in [0.5, 0.6) is 0 Å². The van der Waals surface area contributed by atoms with Crippen LogP contribution in [0.4, 0.5) is 0 Å². The van der Waals surface area contributed by atoms with Crippen LogP contribution >= 0.6 is 11.6 Å². The minimum atomic E-state index is 0.0439. The van der Waals surface area contributed by atoms with E-state index in [0.717, 1.165) is 13.1 Å². The van der Waals surface area contributed by atoms with Gasteiger partial charge in [0.15, 0.2) is 0 Å². The molecule has 1 aliphatic heterocycles. The Balaban J connectivity index is 1.90. The van der Waals surface area contributed by atoms with Gasteiger partial charge in [-0.1, -0.05) is 17.7 Å². The molecule has 0 aliphatic carbocycles. The molecule has 3 rings (SSSR count). The number of benzene rings is 1. The van der Waals surface area contributed by atoms with Crippen LogP contribution in [0.25, 0.3) is 0 Å². The molecule has 1 aliphatic rings. The zero-order chi connectivity index (χ0) is 13.4. The lowest BCUT2D eigenvalue weighted by atomic mass is 10.1. The Morgan fingerprint density at radius 3 is 2.89 bits per heavy atom. The Hall–Kier alpha value is -1.74. The average molecular weight is 275 g/mol. The van der Waals surface area contributed by atoms with Gasteiger partial charge in [-0.15, -0.1) is 0 Å². The third-order valence-electron chi connectivity index (χ3n) is 3.67. The molecule has 98 valence electrons. The minimum Gasteiger partial charge on any atom is -0.348 e. The van der Waals surface area contributed by atoms with Crippen molar-refractivity contribution < 1.29 is 4.79 Å². The van der Waals surface area contributed by atoms with Gasteiger partial charge < -0.3 is 9.47 Å². The first kappa shape index (κ1) is 12.3. The van der Waals surface area contributed by atoms with Gasteiger partial charge in [0.2, 0.25) is 0 Å². The predicted octanol–water partition coefficient (Wildman–Crippen LogP) is 3.36. The standard InChI is InChI=1S/C15H15ClN2O/c1-11-14-6-3-7-17(14)8-9-18(11)15(19)12-4-2-5-13(16)10-12/h2-7,10-11H,8-9H2,1H3. The first-order valence-electron chi connectivity index (χ1n) is 6.38. The van der Waals surface area contributed by atoms with Gasteiger partial charge in [0, 0.05) is 35.6 Å². The fourth-order valence-electron chi connectivity index (χ4n) is 2.64. The second kappa shape index (κ2) is 4.74. The van der Waals surface area contributed by atoms with E-state index in [1.165, 1.54) is 5.69 Å². The summed E-state index contributed by atoms with van der Waals surface area (Å²) in [6, 6.07) is 11.3. The van der Waals surface area contributed by atoms with Crippen LogP contribution in [-0.4, -0.2) is 21.9 Å². The van der Waals surface area contributed by atoms with Gasteiger partial charge in [-0.05, 0) is 37.3 Å². The maximum absolute atomic E-state index is 12.6. The van der Waals surface area contributed by atoms with Crippen LogP contribution in [0.3, 0.4) is 0 Å². The third-order valence-corrected chi connectivity index (χ3v) is 3.91. The van der Waals surface area contributed by atoms with Crippen molar-refractivity contribution in [2.45, 2.75) is 19.5 Å². The number of rotatable bonds is 1. The van der Waals surface area contributed by atoms with Crippen LogP contribution in [0.1, 0.15) is 29.0 Å². The van der Waals surface area contributed by atoms with Gasteiger partial charge in [0.25, 0.3) is 5.91 Å². The van der Waals surface area contributed by atoms with Crippen molar-refractivity contribution >= 4 is 17.5 Å². The highest BCUT2D eigenvalue weighted by Gasteiger charge is 2.27. The Morgan fingerprint density at radius 2 is 2.11 bits per heavy atom. The van der Waals surface area contributed by atoms with E-state index in [0.29, 0.717) is 10.6 Å². The van der Waals surface area contributed by atoms with Crippen molar-refractivity contribution in [2.24, 2.45) is 0 Å². The molecule has 0 saturated carbocycles.